The first kappa shape index (κ1) is 12.2. The van der Waals surface area contributed by atoms with Crippen LogP contribution in [0.4, 0.5) is 5.82 Å². The number of pyridine rings is 1. The zero-order valence-electron chi connectivity index (χ0n) is 10.3. The maximum atomic E-state index is 11.6. The zero-order valence-corrected chi connectivity index (χ0v) is 11.1. The molecule has 0 unspecified atom stereocenters. The second kappa shape index (κ2) is 5.02. The van der Waals surface area contributed by atoms with E-state index in [1.807, 2.05) is 36.4 Å². The van der Waals surface area contributed by atoms with Crippen molar-refractivity contribution in [2.45, 2.75) is 12.8 Å². The van der Waals surface area contributed by atoms with Gasteiger partial charge in [-0.1, -0.05) is 29.8 Å². The summed E-state index contributed by atoms with van der Waals surface area (Å²) in [6.45, 7) is 0.651. The number of ketones is 1. The number of rotatable bonds is 1. The van der Waals surface area contributed by atoms with Crippen LogP contribution in [0.5, 0.6) is 0 Å². The summed E-state index contributed by atoms with van der Waals surface area (Å²) in [7, 11) is 0. The van der Waals surface area contributed by atoms with Gasteiger partial charge in [-0.05, 0) is 18.2 Å². The highest BCUT2D eigenvalue weighted by Crippen LogP contribution is 2.25. The van der Waals surface area contributed by atoms with Crippen molar-refractivity contribution in [1.29, 1.82) is 0 Å². The minimum Gasteiger partial charge on any atom is -0.369 e. The van der Waals surface area contributed by atoms with Gasteiger partial charge in [0.25, 0.3) is 0 Å². The summed E-state index contributed by atoms with van der Waals surface area (Å²) in [5.41, 5.74) is 2.81. The minimum atomic E-state index is 0.253. The van der Waals surface area contributed by atoms with E-state index in [1.165, 1.54) is 0 Å². The Kier molecular flexibility index (Phi) is 3.22. The molecule has 1 aromatic carbocycles. The molecular formula is C15H13ClN2O. The van der Waals surface area contributed by atoms with Crippen LogP contribution < -0.4 is 5.32 Å². The molecule has 0 aliphatic carbocycles. The molecule has 3 rings (SSSR count). The summed E-state index contributed by atoms with van der Waals surface area (Å²) < 4.78 is 0. The highest BCUT2D eigenvalue weighted by molar-refractivity contribution is 6.30. The van der Waals surface area contributed by atoms with Gasteiger partial charge in [0, 0.05) is 35.5 Å². The fourth-order valence-electron chi connectivity index (χ4n) is 2.21. The van der Waals surface area contributed by atoms with Gasteiger partial charge in [0.15, 0.2) is 0 Å². The molecule has 0 fully saturated rings. The van der Waals surface area contributed by atoms with Crippen LogP contribution in [-0.2, 0) is 11.2 Å². The maximum absolute atomic E-state index is 11.6. The average Bonchev–Trinajstić information content (AvgIpc) is 2.58. The lowest BCUT2D eigenvalue weighted by molar-refractivity contribution is -0.118. The number of hydrogen-bond acceptors (Lipinski definition) is 3. The largest absolute Gasteiger partial charge is 0.369 e. The third-order valence-electron chi connectivity index (χ3n) is 3.18. The summed E-state index contributed by atoms with van der Waals surface area (Å²) in [5.74, 6) is 1.06. The van der Waals surface area contributed by atoms with Crippen molar-refractivity contribution in [3.63, 3.8) is 0 Å². The number of benzene rings is 1. The van der Waals surface area contributed by atoms with Crippen molar-refractivity contribution in [2.24, 2.45) is 0 Å². The van der Waals surface area contributed by atoms with Gasteiger partial charge < -0.3 is 5.32 Å². The monoisotopic (exact) mass is 272 g/mol. The van der Waals surface area contributed by atoms with E-state index in [2.05, 4.69) is 10.3 Å². The van der Waals surface area contributed by atoms with E-state index >= 15 is 0 Å². The highest BCUT2D eigenvalue weighted by atomic mass is 35.5. The van der Waals surface area contributed by atoms with Crippen LogP contribution in [-0.4, -0.2) is 17.3 Å². The van der Waals surface area contributed by atoms with Gasteiger partial charge in [-0.3, -0.25) is 4.79 Å². The fourth-order valence-corrected chi connectivity index (χ4v) is 2.40. The van der Waals surface area contributed by atoms with Gasteiger partial charge in [0.1, 0.15) is 11.6 Å². The summed E-state index contributed by atoms with van der Waals surface area (Å²) in [6, 6.07) is 11.5. The molecule has 2 aromatic rings. The SMILES string of the molecule is O=C1CCNc2nc(-c3cccc(Cl)c3)ccc2C1. The molecule has 0 radical (unpaired) electrons. The van der Waals surface area contributed by atoms with Crippen LogP contribution >= 0.6 is 11.6 Å². The van der Waals surface area contributed by atoms with Gasteiger partial charge in [-0.25, -0.2) is 4.98 Å². The average molecular weight is 273 g/mol. The molecule has 1 aliphatic heterocycles. The maximum Gasteiger partial charge on any atom is 0.139 e. The second-order valence-corrected chi connectivity index (χ2v) is 5.04. The quantitative estimate of drug-likeness (QED) is 0.866. The number of fused-ring (bicyclic) bond motifs is 1. The van der Waals surface area contributed by atoms with Crippen molar-refractivity contribution < 1.29 is 4.79 Å². The highest BCUT2D eigenvalue weighted by Gasteiger charge is 2.15. The summed E-state index contributed by atoms with van der Waals surface area (Å²) in [6.07, 6.45) is 1.02. The van der Waals surface area contributed by atoms with Gasteiger partial charge in [-0.2, -0.15) is 0 Å². The van der Waals surface area contributed by atoms with Crippen LogP contribution in [0.3, 0.4) is 0 Å². The second-order valence-electron chi connectivity index (χ2n) is 4.61. The minimum absolute atomic E-state index is 0.253. The van der Waals surface area contributed by atoms with E-state index in [-0.39, 0.29) is 5.78 Å². The van der Waals surface area contributed by atoms with Crippen LogP contribution in [0.1, 0.15) is 12.0 Å². The number of halogens is 1. The molecule has 0 saturated heterocycles. The molecule has 4 heteroatoms. The number of hydrogen-bond donors (Lipinski definition) is 1. The topological polar surface area (TPSA) is 42.0 Å². The Balaban J connectivity index is 2.01. The van der Waals surface area contributed by atoms with E-state index in [1.54, 1.807) is 0 Å². The summed E-state index contributed by atoms with van der Waals surface area (Å²) >= 11 is 6.00. The first-order valence-electron chi connectivity index (χ1n) is 6.24. The van der Waals surface area contributed by atoms with Crippen molar-refractivity contribution in [3.05, 3.63) is 47.0 Å². The lowest BCUT2D eigenvalue weighted by Gasteiger charge is -2.09. The van der Waals surface area contributed by atoms with Gasteiger partial charge in [-0.15, -0.1) is 0 Å². The first-order chi connectivity index (χ1) is 9.22. The molecule has 96 valence electrons. The van der Waals surface area contributed by atoms with Gasteiger partial charge in [0.05, 0.1) is 5.69 Å². The van der Waals surface area contributed by atoms with E-state index in [0.29, 0.717) is 24.4 Å². The Hall–Kier alpha value is -1.87. The van der Waals surface area contributed by atoms with Gasteiger partial charge in [0.2, 0.25) is 0 Å². The third-order valence-corrected chi connectivity index (χ3v) is 3.42. The van der Waals surface area contributed by atoms with Gasteiger partial charge >= 0.3 is 0 Å². The fraction of sp³-hybridized carbons (Fsp3) is 0.200. The molecule has 0 bridgehead atoms. The van der Waals surface area contributed by atoms with Crippen molar-refractivity contribution in [1.82, 2.24) is 4.98 Å². The summed E-state index contributed by atoms with van der Waals surface area (Å²) in [5, 5.41) is 3.91. The molecule has 19 heavy (non-hydrogen) atoms. The molecule has 0 spiro atoms. The Morgan fingerprint density at radius 3 is 2.95 bits per heavy atom. The summed E-state index contributed by atoms with van der Waals surface area (Å²) in [4.78, 5) is 16.2. The number of nitrogens with one attached hydrogen (secondary N) is 1. The molecule has 1 N–H and O–H groups in total. The number of carbonyl (C=O) groups excluding carboxylic acids is 1. The lowest BCUT2D eigenvalue weighted by atomic mass is 10.1. The number of aromatic nitrogens is 1. The van der Waals surface area contributed by atoms with Crippen molar-refractivity contribution in [2.75, 3.05) is 11.9 Å². The predicted octanol–water partition coefficient (Wildman–Crippen LogP) is 3.33. The van der Waals surface area contributed by atoms with Crippen molar-refractivity contribution >= 4 is 23.2 Å². The molecular weight excluding hydrogens is 260 g/mol. The molecule has 0 amide bonds. The molecule has 0 saturated carbocycles. The van der Waals surface area contributed by atoms with E-state index in [0.717, 1.165) is 22.6 Å². The number of carbonyl (C=O) groups is 1. The molecule has 1 aliphatic rings. The molecule has 2 heterocycles. The number of nitrogens with zero attached hydrogens (tertiary/aromatic N) is 1. The van der Waals surface area contributed by atoms with Crippen LogP contribution in [0.2, 0.25) is 5.02 Å². The molecule has 0 atom stereocenters. The molecule has 3 nitrogen and oxygen atoms in total. The van der Waals surface area contributed by atoms with E-state index < -0.39 is 0 Å². The first-order valence-corrected chi connectivity index (χ1v) is 6.61. The van der Waals surface area contributed by atoms with Crippen LogP contribution in [0, 0.1) is 0 Å². The lowest BCUT2D eigenvalue weighted by Crippen LogP contribution is -2.04. The number of Topliss-reactive ketones (excluding diaryl/α,β-unsaturated/α-hetero) is 1. The zero-order chi connectivity index (χ0) is 13.2. The van der Waals surface area contributed by atoms with E-state index in [9.17, 15) is 4.79 Å². The normalized spacial score (nSPS) is 14.5. The van der Waals surface area contributed by atoms with Crippen molar-refractivity contribution in [3.8, 4) is 11.3 Å². The Labute approximate surface area is 116 Å². The number of anilines is 1. The Morgan fingerprint density at radius 2 is 2.11 bits per heavy atom. The predicted molar refractivity (Wildman–Crippen MR) is 76.5 cm³/mol. The van der Waals surface area contributed by atoms with Crippen LogP contribution in [0.15, 0.2) is 36.4 Å². The smallest absolute Gasteiger partial charge is 0.139 e. The standard InChI is InChI=1S/C15H13ClN2O/c16-12-3-1-2-10(8-12)14-5-4-11-9-13(19)6-7-17-15(11)18-14/h1-5,8H,6-7,9H2,(H,17,18). The van der Waals surface area contributed by atoms with Crippen LogP contribution in [0.25, 0.3) is 11.3 Å². The Bertz CT molecular complexity index is 640. The third kappa shape index (κ3) is 2.61. The molecule has 1 aromatic heterocycles. The van der Waals surface area contributed by atoms with E-state index in [4.69, 9.17) is 11.6 Å². The Morgan fingerprint density at radius 1 is 1.21 bits per heavy atom.